The quantitative estimate of drug-likeness (QED) is 0.322. The first-order valence-electron chi connectivity index (χ1n) is 14.8. The van der Waals surface area contributed by atoms with E-state index in [0.29, 0.717) is 5.92 Å². The molecular formula is C33H36FN3O7. The monoisotopic (exact) mass is 605 g/mol. The maximum atomic E-state index is 16.2. The molecule has 44 heavy (non-hydrogen) atoms. The van der Waals surface area contributed by atoms with Crippen molar-refractivity contribution >= 4 is 17.5 Å². The maximum absolute atomic E-state index is 16.2. The molecule has 4 atom stereocenters. The molecule has 10 nitrogen and oxygen atoms in total. The number of benzene rings is 2. The molecule has 1 aliphatic heterocycles. The second-order valence-electron chi connectivity index (χ2n) is 12.6. The van der Waals surface area contributed by atoms with Crippen molar-refractivity contribution < 1.29 is 39.2 Å². The number of piperidine rings is 1. The van der Waals surface area contributed by atoms with Crippen molar-refractivity contribution in [2.45, 2.75) is 49.8 Å². The Balaban J connectivity index is 1.33. The predicted octanol–water partition coefficient (Wildman–Crippen LogP) is 2.64. The van der Waals surface area contributed by atoms with Gasteiger partial charge in [-0.1, -0.05) is 30.3 Å². The normalized spacial score (nSPS) is 27.8. The number of hydrogen-bond donors (Lipinski definition) is 5. The number of fused-ring (bicyclic) bond motifs is 3. The van der Waals surface area contributed by atoms with Crippen LogP contribution in [-0.4, -0.2) is 86.5 Å². The van der Waals surface area contributed by atoms with E-state index in [0.717, 1.165) is 25.9 Å². The molecular weight excluding hydrogens is 569 g/mol. The number of likely N-dealkylation sites (N-methyl/N-ethyl adjacent to an activating group) is 1. The Kier molecular flexibility index (Phi) is 7.38. The average Bonchev–Trinajstić information content (AvgIpc) is 2.98. The number of aromatic hydroxyl groups is 1. The number of ketones is 2. The third-order valence-electron chi connectivity index (χ3n) is 9.98. The number of carbonyl (C=O) groups excluding carboxylic acids is 3. The van der Waals surface area contributed by atoms with Crippen LogP contribution in [0.1, 0.15) is 52.2 Å². The number of allylic oxidation sites excluding steroid dienone is 1. The lowest BCUT2D eigenvalue weighted by Crippen LogP contribution is -2.63. The molecule has 1 saturated heterocycles. The highest BCUT2D eigenvalue weighted by Crippen LogP contribution is 2.52. The molecule has 232 valence electrons. The lowest BCUT2D eigenvalue weighted by molar-refractivity contribution is -0.148. The van der Waals surface area contributed by atoms with E-state index in [2.05, 4.69) is 17.0 Å². The number of rotatable bonds is 5. The standard InChI is InChI=1S/C33H36FN3O7/c1-36(2)27-21-13-18-12-20-24(28(39)23(18)30(41)33(21,44)31(42)25(29(27)40)32(35)43)22(38)14-19(26(20)34)15-37-10-8-17(9-11-37)16-6-4-3-5-7-16/h3-7,14,17-18,21,27,38,40-41,44H,8-13,15H2,1-2H3,(H2,35,43)/t18-,21-,27-,33-/m0/s1. The highest BCUT2D eigenvalue weighted by molar-refractivity contribution is 6.24. The van der Waals surface area contributed by atoms with Crippen LogP contribution in [0.4, 0.5) is 4.39 Å². The smallest absolute Gasteiger partial charge is 0.255 e. The number of amides is 1. The summed E-state index contributed by atoms with van der Waals surface area (Å²) in [6.45, 7) is 1.72. The Morgan fingerprint density at radius 2 is 1.75 bits per heavy atom. The van der Waals surface area contributed by atoms with Gasteiger partial charge in [-0.3, -0.25) is 24.2 Å². The second-order valence-corrected chi connectivity index (χ2v) is 12.6. The van der Waals surface area contributed by atoms with Gasteiger partial charge in [0.15, 0.2) is 11.4 Å². The van der Waals surface area contributed by atoms with Gasteiger partial charge < -0.3 is 26.2 Å². The average molecular weight is 606 g/mol. The van der Waals surface area contributed by atoms with Gasteiger partial charge in [0, 0.05) is 29.2 Å². The van der Waals surface area contributed by atoms with Crippen LogP contribution < -0.4 is 5.73 Å². The lowest BCUT2D eigenvalue weighted by atomic mass is 9.58. The SMILES string of the molecule is CN(C)[C@@H]1C(O)=C(C(N)=O)C(=O)[C@@]2(O)C(O)=C3C(=O)c4c(O)cc(CN5CCC(c6ccccc6)CC5)c(F)c4C[C@H]3C[C@@H]12. The molecule has 1 heterocycles. The number of Topliss-reactive ketones (excluding diaryl/α,β-unsaturated/α-hetero) is 2. The minimum atomic E-state index is -2.73. The summed E-state index contributed by atoms with van der Waals surface area (Å²) in [6.07, 6.45) is 1.64. The molecule has 0 unspecified atom stereocenters. The number of primary amides is 1. The van der Waals surface area contributed by atoms with Crippen molar-refractivity contribution in [2.24, 2.45) is 17.6 Å². The van der Waals surface area contributed by atoms with Crippen LogP contribution in [0.2, 0.25) is 0 Å². The number of aliphatic hydroxyl groups is 3. The Hall–Kier alpha value is -4.06. The molecule has 1 amide bonds. The molecule has 4 aliphatic rings. The fraction of sp³-hybridized carbons (Fsp3) is 0.424. The number of phenols is 1. The molecule has 1 fully saturated rings. The highest BCUT2D eigenvalue weighted by Gasteiger charge is 2.63. The van der Waals surface area contributed by atoms with Crippen molar-refractivity contribution in [2.75, 3.05) is 27.2 Å². The van der Waals surface area contributed by atoms with Crippen molar-refractivity contribution in [3.63, 3.8) is 0 Å². The van der Waals surface area contributed by atoms with Crippen molar-refractivity contribution in [3.05, 3.63) is 87.1 Å². The van der Waals surface area contributed by atoms with Crippen LogP contribution >= 0.6 is 0 Å². The number of likely N-dealkylation sites (tertiary alicyclic amines) is 1. The number of nitrogens with zero attached hydrogens (tertiary/aromatic N) is 2. The fourth-order valence-corrected chi connectivity index (χ4v) is 7.86. The Morgan fingerprint density at radius 1 is 1.09 bits per heavy atom. The zero-order valence-electron chi connectivity index (χ0n) is 24.6. The highest BCUT2D eigenvalue weighted by atomic mass is 19.1. The Morgan fingerprint density at radius 3 is 2.36 bits per heavy atom. The van der Waals surface area contributed by atoms with Crippen molar-refractivity contribution in [3.8, 4) is 5.75 Å². The summed E-state index contributed by atoms with van der Waals surface area (Å²) in [6, 6.07) is 10.4. The van der Waals surface area contributed by atoms with Crippen molar-refractivity contribution in [1.29, 1.82) is 0 Å². The molecule has 0 bridgehead atoms. The zero-order valence-corrected chi connectivity index (χ0v) is 24.6. The van der Waals surface area contributed by atoms with Gasteiger partial charge in [0.1, 0.15) is 28.7 Å². The Bertz CT molecular complexity index is 1630. The summed E-state index contributed by atoms with van der Waals surface area (Å²) in [5.74, 6) is -7.76. The van der Waals surface area contributed by atoms with Gasteiger partial charge in [-0.25, -0.2) is 4.39 Å². The van der Waals surface area contributed by atoms with Crippen LogP contribution in [0, 0.1) is 17.7 Å². The first kappa shape index (κ1) is 30.0. The molecule has 0 radical (unpaired) electrons. The molecule has 3 aliphatic carbocycles. The van der Waals surface area contributed by atoms with Crippen LogP contribution in [0.15, 0.2) is 59.1 Å². The number of aliphatic hydroxyl groups excluding tert-OH is 2. The summed E-state index contributed by atoms with van der Waals surface area (Å²) in [5.41, 5.74) is 2.67. The van der Waals surface area contributed by atoms with E-state index in [4.69, 9.17) is 5.73 Å². The van der Waals surface area contributed by atoms with Crippen LogP contribution in [0.25, 0.3) is 0 Å². The van der Waals surface area contributed by atoms with E-state index in [1.807, 2.05) is 18.2 Å². The van der Waals surface area contributed by atoms with E-state index >= 15 is 4.39 Å². The lowest BCUT2D eigenvalue weighted by Gasteiger charge is -2.50. The molecule has 0 spiro atoms. The molecule has 0 saturated carbocycles. The first-order chi connectivity index (χ1) is 20.9. The second kappa shape index (κ2) is 10.8. The predicted molar refractivity (Wildman–Crippen MR) is 157 cm³/mol. The molecule has 11 heteroatoms. The van der Waals surface area contributed by atoms with E-state index in [1.165, 1.54) is 16.5 Å². The van der Waals surface area contributed by atoms with Gasteiger partial charge in [-0.05, 0) is 76.3 Å². The summed E-state index contributed by atoms with van der Waals surface area (Å²) in [4.78, 5) is 42.9. The number of carbonyl (C=O) groups is 3. The fourth-order valence-electron chi connectivity index (χ4n) is 7.86. The van der Waals surface area contributed by atoms with Crippen LogP contribution in [-0.2, 0) is 22.6 Å². The van der Waals surface area contributed by atoms with Gasteiger partial charge in [-0.15, -0.1) is 0 Å². The molecule has 0 aromatic heterocycles. The van der Waals surface area contributed by atoms with Gasteiger partial charge in [-0.2, -0.15) is 0 Å². The van der Waals surface area contributed by atoms with E-state index in [1.54, 1.807) is 14.1 Å². The summed E-state index contributed by atoms with van der Waals surface area (Å²) >= 11 is 0. The Labute approximate surface area is 253 Å². The molecule has 2 aromatic carbocycles. The molecule has 6 N–H and O–H groups in total. The summed E-state index contributed by atoms with van der Waals surface area (Å²) in [5, 5.41) is 45.0. The van der Waals surface area contributed by atoms with Gasteiger partial charge in [0.25, 0.3) is 5.91 Å². The number of halogens is 1. The van der Waals surface area contributed by atoms with Gasteiger partial charge in [0.2, 0.25) is 5.78 Å². The third kappa shape index (κ3) is 4.44. The van der Waals surface area contributed by atoms with E-state index < -0.39 is 69.6 Å². The van der Waals surface area contributed by atoms with E-state index in [9.17, 15) is 34.8 Å². The first-order valence-corrected chi connectivity index (χ1v) is 14.8. The maximum Gasteiger partial charge on any atom is 0.255 e. The van der Waals surface area contributed by atoms with Gasteiger partial charge >= 0.3 is 0 Å². The summed E-state index contributed by atoms with van der Waals surface area (Å²) in [7, 11) is 3.11. The zero-order chi connectivity index (χ0) is 31.7. The van der Waals surface area contributed by atoms with E-state index in [-0.39, 0.29) is 41.6 Å². The number of hydrogen-bond acceptors (Lipinski definition) is 9. The molecule has 6 rings (SSSR count). The topological polar surface area (TPSA) is 165 Å². The largest absolute Gasteiger partial charge is 0.510 e. The minimum absolute atomic E-state index is 0.0114. The third-order valence-corrected chi connectivity index (χ3v) is 9.98. The minimum Gasteiger partial charge on any atom is -0.510 e. The van der Waals surface area contributed by atoms with Crippen molar-refractivity contribution in [1.82, 2.24) is 9.80 Å². The number of nitrogens with two attached hydrogens (primary N) is 1. The molecule has 2 aromatic rings. The van der Waals surface area contributed by atoms with Gasteiger partial charge in [0.05, 0.1) is 11.6 Å². The van der Waals surface area contributed by atoms with Crippen LogP contribution in [0.3, 0.4) is 0 Å². The number of phenolic OH excluding ortho intramolecular Hbond substituents is 1. The van der Waals surface area contributed by atoms with Crippen LogP contribution in [0.5, 0.6) is 5.75 Å². The summed E-state index contributed by atoms with van der Waals surface area (Å²) < 4.78 is 16.2.